The number of benzene rings is 3. The maximum atomic E-state index is 13.5. The molecule has 0 bridgehead atoms. The molecule has 39 heavy (non-hydrogen) atoms. The molecule has 0 aromatic heterocycles. The van der Waals surface area contributed by atoms with Crippen molar-refractivity contribution in [1.82, 2.24) is 5.32 Å². The van der Waals surface area contributed by atoms with Crippen molar-refractivity contribution in [3.63, 3.8) is 0 Å². The van der Waals surface area contributed by atoms with Crippen LogP contribution in [0.1, 0.15) is 68.2 Å². The van der Waals surface area contributed by atoms with E-state index in [-0.39, 0.29) is 29.6 Å². The Balaban J connectivity index is 1.34. The normalized spacial score (nSPS) is 21.8. The molecule has 0 radical (unpaired) electrons. The van der Waals surface area contributed by atoms with Gasteiger partial charge in [0.15, 0.2) is 0 Å². The van der Waals surface area contributed by atoms with E-state index in [1.165, 1.54) is 23.3 Å². The molecule has 4 atom stereocenters. The lowest BCUT2D eigenvalue weighted by Gasteiger charge is -2.31. The molecule has 4 unspecified atom stereocenters. The maximum absolute atomic E-state index is 13.5. The van der Waals surface area contributed by atoms with Gasteiger partial charge in [0.25, 0.3) is 0 Å². The summed E-state index contributed by atoms with van der Waals surface area (Å²) in [7, 11) is 0. The summed E-state index contributed by atoms with van der Waals surface area (Å²) < 4.78 is 13.5. The van der Waals surface area contributed by atoms with Gasteiger partial charge < -0.3 is 5.32 Å². The first-order valence-corrected chi connectivity index (χ1v) is 14.0. The first-order chi connectivity index (χ1) is 18.8. The number of carbonyl (C=O) groups excluding carboxylic acids is 1. The summed E-state index contributed by atoms with van der Waals surface area (Å²) in [5.41, 5.74) is 8.80. The Labute approximate surface area is 231 Å². The summed E-state index contributed by atoms with van der Waals surface area (Å²) in [6, 6.07) is 21.3. The molecular formula is C35H37FN2O. The topological polar surface area (TPSA) is 41.5 Å². The van der Waals surface area contributed by atoms with E-state index < -0.39 is 0 Å². The van der Waals surface area contributed by atoms with Gasteiger partial charge in [-0.1, -0.05) is 73.2 Å². The monoisotopic (exact) mass is 520 g/mol. The Morgan fingerprint density at radius 2 is 1.77 bits per heavy atom. The number of nitrogens with one attached hydrogen (secondary N) is 1. The molecular weight excluding hydrogens is 483 g/mol. The number of hydrogen-bond donors (Lipinski definition) is 1. The standard InChI is InChI=1S/C35H37FN2O/c1-22-8-10-26(11-9-22)25(4)38-35(39)30-7-5-6-29(18-23(2)19-30)34-24(3)21-37-33-17-14-28(20-32(33)34)27-12-15-31(36)16-13-27/h6,8-17,20-21,23,25,30,34H,3,5,7,18-19H2,1-2,4H3,(H,38,39). The molecule has 1 N–H and O–H groups in total. The molecule has 0 spiro atoms. The largest absolute Gasteiger partial charge is 0.349 e. The van der Waals surface area contributed by atoms with Crippen LogP contribution in [0, 0.1) is 24.6 Å². The number of halogens is 1. The van der Waals surface area contributed by atoms with Crippen molar-refractivity contribution >= 4 is 17.8 Å². The smallest absolute Gasteiger partial charge is 0.223 e. The maximum Gasteiger partial charge on any atom is 0.223 e. The van der Waals surface area contributed by atoms with Gasteiger partial charge in [0.2, 0.25) is 5.91 Å². The van der Waals surface area contributed by atoms with E-state index in [2.05, 4.69) is 74.1 Å². The number of carbonyl (C=O) groups is 1. The molecule has 4 heteroatoms. The highest BCUT2D eigenvalue weighted by molar-refractivity contribution is 5.88. The van der Waals surface area contributed by atoms with E-state index in [4.69, 9.17) is 0 Å². The predicted octanol–water partition coefficient (Wildman–Crippen LogP) is 8.79. The summed E-state index contributed by atoms with van der Waals surface area (Å²) in [5.74, 6) is 0.330. The van der Waals surface area contributed by atoms with Crippen molar-refractivity contribution in [3.8, 4) is 11.1 Å². The minimum Gasteiger partial charge on any atom is -0.349 e. The van der Waals surface area contributed by atoms with E-state index in [0.29, 0.717) is 5.92 Å². The van der Waals surface area contributed by atoms with Crippen molar-refractivity contribution in [2.45, 2.75) is 58.4 Å². The van der Waals surface area contributed by atoms with Crippen LogP contribution in [-0.4, -0.2) is 12.1 Å². The summed E-state index contributed by atoms with van der Waals surface area (Å²) in [4.78, 5) is 17.9. The first-order valence-electron chi connectivity index (χ1n) is 14.0. The van der Waals surface area contributed by atoms with E-state index in [9.17, 15) is 9.18 Å². The molecule has 5 rings (SSSR count). The summed E-state index contributed by atoms with van der Waals surface area (Å²) in [6.07, 6.45) is 7.68. The molecule has 1 amide bonds. The zero-order valence-corrected chi connectivity index (χ0v) is 23.1. The lowest BCUT2D eigenvalue weighted by molar-refractivity contribution is -0.126. The fourth-order valence-electron chi connectivity index (χ4n) is 5.98. The number of nitrogens with zero attached hydrogens (tertiary/aromatic N) is 1. The molecule has 1 aliphatic heterocycles. The first kappa shape index (κ1) is 26.8. The van der Waals surface area contributed by atoms with E-state index in [1.54, 1.807) is 0 Å². The van der Waals surface area contributed by atoms with Crippen molar-refractivity contribution < 1.29 is 9.18 Å². The molecule has 3 aromatic rings. The molecule has 3 aromatic carbocycles. The van der Waals surface area contributed by atoms with Crippen LogP contribution in [0.5, 0.6) is 0 Å². The zero-order chi connectivity index (χ0) is 27.5. The van der Waals surface area contributed by atoms with E-state index in [1.807, 2.05) is 30.5 Å². The van der Waals surface area contributed by atoms with Gasteiger partial charge in [0.05, 0.1) is 11.7 Å². The van der Waals surface area contributed by atoms with Gasteiger partial charge in [-0.05, 0) is 97.5 Å². The van der Waals surface area contributed by atoms with Crippen LogP contribution in [0.2, 0.25) is 0 Å². The van der Waals surface area contributed by atoms with Gasteiger partial charge in [-0.3, -0.25) is 9.79 Å². The summed E-state index contributed by atoms with van der Waals surface area (Å²) in [5, 5.41) is 3.26. The van der Waals surface area contributed by atoms with E-state index in [0.717, 1.165) is 59.2 Å². The Bertz CT molecular complexity index is 1420. The van der Waals surface area contributed by atoms with Gasteiger partial charge in [-0.25, -0.2) is 4.39 Å². The van der Waals surface area contributed by atoms with Gasteiger partial charge >= 0.3 is 0 Å². The van der Waals surface area contributed by atoms with Crippen LogP contribution in [0.25, 0.3) is 11.1 Å². The minimum atomic E-state index is -0.238. The molecule has 0 saturated carbocycles. The highest BCUT2D eigenvalue weighted by Crippen LogP contribution is 2.44. The second kappa shape index (κ2) is 11.5. The van der Waals surface area contributed by atoms with Gasteiger partial charge in [0, 0.05) is 18.1 Å². The van der Waals surface area contributed by atoms with Crippen LogP contribution in [0.4, 0.5) is 10.1 Å². The molecule has 1 heterocycles. The number of aryl methyl sites for hydroxylation is 1. The fourth-order valence-corrected chi connectivity index (χ4v) is 5.98. The average Bonchev–Trinajstić information content (AvgIpc) is 2.91. The number of fused-ring (bicyclic) bond motifs is 1. The Kier molecular flexibility index (Phi) is 7.92. The predicted molar refractivity (Wildman–Crippen MR) is 159 cm³/mol. The second-order valence-electron chi connectivity index (χ2n) is 11.3. The Morgan fingerprint density at radius 1 is 1.05 bits per heavy atom. The lowest BCUT2D eigenvalue weighted by atomic mass is 9.75. The van der Waals surface area contributed by atoms with Crippen molar-refractivity contribution in [2.75, 3.05) is 0 Å². The van der Waals surface area contributed by atoms with Crippen LogP contribution in [0.3, 0.4) is 0 Å². The quantitative estimate of drug-likeness (QED) is 0.336. The van der Waals surface area contributed by atoms with Gasteiger partial charge in [-0.15, -0.1) is 0 Å². The van der Waals surface area contributed by atoms with Crippen molar-refractivity contribution in [3.05, 3.63) is 113 Å². The SMILES string of the molecule is C=C1C=Nc2ccc(-c3ccc(F)cc3)cc2C1C1=CCCC(C(=O)NC(C)c2ccc(C)cc2)CC(C)C1. The summed E-state index contributed by atoms with van der Waals surface area (Å²) in [6.45, 7) is 10.7. The van der Waals surface area contributed by atoms with Gasteiger partial charge in [-0.2, -0.15) is 0 Å². The van der Waals surface area contributed by atoms with Crippen molar-refractivity contribution in [2.24, 2.45) is 16.8 Å². The Morgan fingerprint density at radius 3 is 2.51 bits per heavy atom. The lowest BCUT2D eigenvalue weighted by Crippen LogP contribution is -2.34. The van der Waals surface area contributed by atoms with Crippen LogP contribution < -0.4 is 5.32 Å². The average molecular weight is 521 g/mol. The fraction of sp³-hybridized carbons (Fsp3) is 0.314. The summed E-state index contributed by atoms with van der Waals surface area (Å²) >= 11 is 0. The highest BCUT2D eigenvalue weighted by Gasteiger charge is 2.30. The molecule has 3 nitrogen and oxygen atoms in total. The molecule has 0 saturated heterocycles. The van der Waals surface area contributed by atoms with Crippen LogP contribution in [0.15, 0.2) is 95.5 Å². The highest BCUT2D eigenvalue weighted by atomic mass is 19.1. The third kappa shape index (κ3) is 6.11. The molecule has 0 fully saturated rings. The van der Waals surface area contributed by atoms with Crippen LogP contribution >= 0.6 is 0 Å². The minimum absolute atomic E-state index is 0.000756. The van der Waals surface area contributed by atoms with Crippen molar-refractivity contribution in [1.29, 1.82) is 0 Å². The number of rotatable bonds is 5. The van der Waals surface area contributed by atoms with Gasteiger partial charge in [0.1, 0.15) is 5.82 Å². The third-order valence-corrected chi connectivity index (χ3v) is 8.13. The molecule has 200 valence electrons. The second-order valence-corrected chi connectivity index (χ2v) is 11.3. The Hall–Kier alpha value is -3.79. The number of hydrogen-bond acceptors (Lipinski definition) is 2. The number of aliphatic imine (C=N–C) groups is 1. The zero-order valence-electron chi connectivity index (χ0n) is 23.1. The van der Waals surface area contributed by atoms with Crippen LogP contribution in [-0.2, 0) is 4.79 Å². The molecule has 2 aliphatic rings. The molecule has 1 aliphatic carbocycles. The third-order valence-electron chi connectivity index (χ3n) is 8.13. The number of amides is 1. The number of allylic oxidation sites excluding steroid dienone is 3. The van der Waals surface area contributed by atoms with E-state index >= 15 is 0 Å².